The van der Waals surface area contributed by atoms with E-state index in [1.54, 1.807) is 20.8 Å². The molecule has 4 fully saturated rings. The van der Waals surface area contributed by atoms with Crippen molar-refractivity contribution in [3.05, 3.63) is 0 Å². The fraction of sp³-hybridized carbons (Fsp3) is 0.880. The van der Waals surface area contributed by atoms with Gasteiger partial charge in [0.1, 0.15) is 11.6 Å². The lowest BCUT2D eigenvalue weighted by Crippen LogP contribution is -2.65. The maximum absolute atomic E-state index is 13.3. The van der Waals surface area contributed by atoms with Crippen LogP contribution in [0, 0.1) is 23.2 Å². The molecular formula is C25H44BN3O6. The van der Waals surface area contributed by atoms with Crippen LogP contribution in [0.3, 0.4) is 0 Å². The average Bonchev–Trinajstić information content (AvgIpc) is 3.05. The van der Waals surface area contributed by atoms with E-state index in [-0.39, 0.29) is 35.5 Å². The minimum atomic E-state index is -1.01. The SMILES string of the molecule is CC(=O)NC[C@H](NC(=O)OC(C)(C)C)C(=O)N[C@@H](CC(C)C)B1OC2C[C@@H]3C[C@@H](C3(C)C)[C@]2(C)O1. The third-order valence-corrected chi connectivity index (χ3v) is 7.91. The second-order valence-corrected chi connectivity index (χ2v) is 12.7. The van der Waals surface area contributed by atoms with Crippen molar-refractivity contribution >= 4 is 25.0 Å². The van der Waals surface area contributed by atoms with Crippen molar-refractivity contribution in [1.29, 1.82) is 0 Å². The van der Waals surface area contributed by atoms with Gasteiger partial charge in [0.15, 0.2) is 0 Å². The lowest BCUT2D eigenvalue weighted by molar-refractivity contribution is -0.199. The first-order valence-electron chi connectivity index (χ1n) is 12.9. The largest absolute Gasteiger partial charge is 0.481 e. The Balaban J connectivity index is 1.72. The minimum Gasteiger partial charge on any atom is -0.444 e. The number of alkyl carbamates (subject to hydrolysis) is 1. The summed E-state index contributed by atoms with van der Waals surface area (Å²) in [6.45, 7) is 17.5. The molecule has 2 bridgehead atoms. The lowest BCUT2D eigenvalue weighted by Gasteiger charge is -2.64. The van der Waals surface area contributed by atoms with Crippen molar-refractivity contribution in [3.63, 3.8) is 0 Å². The van der Waals surface area contributed by atoms with E-state index in [1.165, 1.54) is 6.92 Å². The maximum atomic E-state index is 13.3. The summed E-state index contributed by atoms with van der Waals surface area (Å²) in [5.74, 6) is 0.207. The van der Waals surface area contributed by atoms with Gasteiger partial charge in [-0.25, -0.2) is 4.79 Å². The Morgan fingerprint density at radius 3 is 2.31 bits per heavy atom. The minimum absolute atomic E-state index is 0.00547. The second kappa shape index (κ2) is 9.92. The molecule has 6 atom stereocenters. The predicted octanol–water partition coefficient (Wildman–Crippen LogP) is 2.81. The molecule has 3 aliphatic carbocycles. The number of ether oxygens (including phenoxy) is 1. The van der Waals surface area contributed by atoms with Gasteiger partial charge < -0.3 is 30.0 Å². The molecular weight excluding hydrogens is 449 g/mol. The van der Waals surface area contributed by atoms with Crippen LogP contribution >= 0.6 is 0 Å². The number of carbonyl (C=O) groups excluding carboxylic acids is 3. The maximum Gasteiger partial charge on any atom is 0.481 e. The van der Waals surface area contributed by atoms with Gasteiger partial charge in [-0.3, -0.25) is 9.59 Å². The van der Waals surface area contributed by atoms with E-state index in [0.717, 1.165) is 12.8 Å². The van der Waals surface area contributed by atoms with Gasteiger partial charge >= 0.3 is 13.2 Å². The summed E-state index contributed by atoms with van der Waals surface area (Å²) in [6, 6.07) is -1.01. The first-order valence-corrected chi connectivity index (χ1v) is 12.9. The van der Waals surface area contributed by atoms with E-state index in [0.29, 0.717) is 18.3 Å². The van der Waals surface area contributed by atoms with Crippen molar-refractivity contribution in [3.8, 4) is 0 Å². The summed E-state index contributed by atoms with van der Waals surface area (Å²) in [4.78, 5) is 37.2. The summed E-state index contributed by atoms with van der Waals surface area (Å²) < 4.78 is 18.4. The summed E-state index contributed by atoms with van der Waals surface area (Å²) in [7, 11) is -0.575. The molecule has 3 saturated carbocycles. The van der Waals surface area contributed by atoms with Gasteiger partial charge in [0.25, 0.3) is 0 Å². The van der Waals surface area contributed by atoms with Crippen LogP contribution in [-0.2, 0) is 23.6 Å². The summed E-state index contributed by atoms with van der Waals surface area (Å²) in [6.07, 6.45) is 2.04. The Hall–Kier alpha value is -1.81. The van der Waals surface area contributed by atoms with Crippen molar-refractivity contribution in [1.82, 2.24) is 16.0 Å². The molecule has 0 aromatic carbocycles. The molecule has 1 unspecified atom stereocenters. The van der Waals surface area contributed by atoms with E-state index < -0.39 is 36.7 Å². The van der Waals surface area contributed by atoms with Gasteiger partial charge in [0.2, 0.25) is 11.8 Å². The monoisotopic (exact) mass is 493 g/mol. The summed E-state index contributed by atoms with van der Waals surface area (Å²) in [5, 5.41) is 8.25. The first kappa shape index (κ1) is 27.8. The molecule has 1 saturated heterocycles. The Kier molecular flexibility index (Phi) is 7.87. The van der Waals surface area contributed by atoms with E-state index in [9.17, 15) is 14.4 Å². The zero-order valence-corrected chi connectivity index (χ0v) is 22.8. The van der Waals surface area contributed by atoms with E-state index >= 15 is 0 Å². The normalized spacial score (nSPS) is 30.6. The molecule has 198 valence electrons. The molecule has 0 aromatic heterocycles. The Bertz CT molecular complexity index is 829. The zero-order chi connectivity index (χ0) is 26.3. The van der Waals surface area contributed by atoms with E-state index in [4.69, 9.17) is 14.0 Å². The molecule has 1 heterocycles. The molecule has 3 amide bonds. The van der Waals surface area contributed by atoms with Crippen LogP contribution in [-0.4, -0.2) is 60.9 Å². The zero-order valence-electron chi connectivity index (χ0n) is 22.8. The number of nitrogens with one attached hydrogen (secondary N) is 3. The lowest BCUT2D eigenvalue weighted by atomic mass is 9.43. The van der Waals surface area contributed by atoms with E-state index in [2.05, 4.69) is 50.6 Å². The van der Waals surface area contributed by atoms with Crippen LogP contribution in [0.1, 0.15) is 81.6 Å². The molecule has 4 aliphatic rings. The Morgan fingerprint density at radius 2 is 1.77 bits per heavy atom. The van der Waals surface area contributed by atoms with Crippen molar-refractivity contribution in [2.75, 3.05) is 6.54 Å². The van der Waals surface area contributed by atoms with E-state index in [1.807, 2.05) is 0 Å². The average molecular weight is 493 g/mol. The topological polar surface area (TPSA) is 115 Å². The Labute approximate surface area is 210 Å². The van der Waals surface area contributed by atoms with Crippen molar-refractivity contribution in [2.45, 2.75) is 111 Å². The number of amides is 3. The van der Waals surface area contributed by atoms with Crippen molar-refractivity contribution < 1.29 is 28.4 Å². The summed E-state index contributed by atoms with van der Waals surface area (Å²) in [5.41, 5.74) is -0.876. The highest BCUT2D eigenvalue weighted by Crippen LogP contribution is 2.65. The fourth-order valence-corrected chi connectivity index (χ4v) is 6.01. The molecule has 10 heteroatoms. The molecule has 1 aliphatic heterocycles. The van der Waals surface area contributed by atoms with Gasteiger partial charge in [-0.2, -0.15) is 0 Å². The smallest absolute Gasteiger partial charge is 0.444 e. The number of hydrogen-bond acceptors (Lipinski definition) is 6. The van der Waals surface area contributed by atoms with Gasteiger partial charge in [-0.1, -0.05) is 27.7 Å². The molecule has 35 heavy (non-hydrogen) atoms. The van der Waals surface area contributed by atoms with Gasteiger partial charge in [0, 0.05) is 13.5 Å². The van der Waals surface area contributed by atoms with Gasteiger partial charge in [0.05, 0.1) is 17.6 Å². The highest BCUT2D eigenvalue weighted by Gasteiger charge is 2.68. The van der Waals surface area contributed by atoms with Crippen LogP contribution in [0.15, 0.2) is 0 Å². The third kappa shape index (κ3) is 6.13. The Morgan fingerprint density at radius 1 is 1.11 bits per heavy atom. The molecule has 3 N–H and O–H groups in total. The number of hydrogen-bond donors (Lipinski definition) is 3. The molecule has 0 spiro atoms. The highest BCUT2D eigenvalue weighted by atomic mass is 16.7. The van der Waals surface area contributed by atoms with Gasteiger partial charge in [-0.15, -0.1) is 0 Å². The molecule has 4 rings (SSSR count). The summed E-state index contributed by atoms with van der Waals surface area (Å²) >= 11 is 0. The predicted molar refractivity (Wildman–Crippen MR) is 133 cm³/mol. The first-order chi connectivity index (χ1) is 16.0. The number of rotatable bonds is 8. The fourth-order valence-electron chi connectivity index (χ4n) is 6.01. The molecule has 0 radical (unpaired) electrons. The molecule has 0 aromatic rings. The third-order valence-electron chi connectivity index (χ3n) is 7.91. The van der Waals surface area contributed by atoms with Crippen LogP contribution in [0.5, 0.6) is 0 Å². The standard InChI is InChI=1S/C25H44BN3O6/c1-14(2)10-20(26-34-19-12-16-11-18(24(16,7)8)25(19,9)35-26)29-21(31)17(13-27-15(3)30)28-22(32)33-23(4,5)6/h14,16-20H,10-13H2,1-9H3,(H,27,30)(H,28,32)(H,29,31)/t16-,17-,18-,19?,20-,25-/m0/s1. The highest BCUT2D eigenvalue weighted by molar-refractivity contribution is 6.48. The van der Waals surface area contributed by atoms with Crippen LogP contribution < -0.4 is 16.0 Å². The van der Waals surface area contributed by atoms with Crippen LogP contribution in [0.2, 0.25) is 0 Å². The molecule has 9 nitrogen and oxygen atoms in total. The van der Waals surface area contributed by atoms with Crippen LogP contribution in [0.25, 0.3) is 0 Å². The number of carbonyl (C=O) groups is 3. The van der Waals surface area contributed by atoms with Crippen molar-refractivity contribution in [2.24, 2.45) is 23.2 Å². The van der Waals surface area contributed by atoms with Gasteiger partial charge in [-0.05, 0) is 70.1 Å². The van der Waals surface area contributed by atoms with Crippen LogP contribution in [0.4, 0.5) is 4.79 Å². The second-order valence-electron chi connectivity index (χ2n) is 12.7. The quantitative estimate of drug-likeness (QED) is 0.448.